The van der Waals surface area contributed by atoms with Crippen molar-refractivity contribution in [2.24, 2.45) is 0 Å². The van der Waals surface area contributed by atoms with Gasteiger partial charge < -0.3 is 10.4 Å². The van der Waals surface area contributed by atoms with Crippen molar-refractivity contribution in [1.29, 1.82) is 0 Å². The molecule has 2 aromatic rings. The van der Waals surface area contributed by atoms with Crippen LogP contribution in [0.4, 0.5) is 13.2 Å². The number of amides is 1. The number of hydrogen-bond donors (Lipinski definition) is 2. The highest BCUT2D eigenvalue weighted by atomic mass is 35.5. The Labute approximate surface area is 166 Å². The molecule has 1 fully saturated rings. The number of rotatable bonds is 5. The zero-order chi connectivity index (χ0) is 20.4. The van der Waals surface area contributed by atoms with Crippen LogP contribution in [0.2, 0.25) is 5.02 Å². The van der Waals surface area contributed by atoms with E-state index in [1.807, 2.05) is 12.1 Å². The van der Waals surface area contributed by atoms with Crippen molar-refractivity contribution in [2.75, 3.05) is 6.54 Å². The predicted octanol–water partition coefficient (Wildman–Crippen LogP) is 5.02. The topological polar surface area (TPSA) is 49.3 Å². The third kappa shape index (κ3) is 4.33. The Balaban J connectivity index is 1.68. The summed E-state index contributed by atoms with van der Waals surface area (Å²) in [5.41, 5.74) is -0.235. The van der Waals surface area contributed by atoms with Crippen LogP contribution >= 0.6 is 11.6 Å². The van der Waals surface area contributed by atoms with E-state index in [0.717, 1.165) is 30.5 Å². The standard InChI is InChI=1S/C21H21ClF3NO2/c22-17-9-7-15(8-10-17)20(11-1-2-12-20)19(28)26-13-18(27)14-3-5-16(6-4-14)21(23,24)25/h3-10,18,27H,1-2,11-13H2,(H,26,28)/t18-/m0/s1. The Morgan fingerprint density at radius 2 is 1.64 bits per heavy atom. The maximum absolute atomic E-state index is 13.0. The average Bonchev–Trinajstić information content (AvgIpc) is 3.17. The molecule has 0 radical (unpaired) electrons. The second-order valence-electron chi connectivity index (χ2n) is 7.14. The summed E-state index contributed by atoms with van der Waals surface area (Å²) in [5, 5.41) is 13.7. The van der Waals surface area contributed by atoms with Gasteiger partial charge in [0, 0.05) is 11.6 Å². The molecule has 0 unspecified atom stereocenters. The number of aliphatic hydroxyl groups excluding tert-OH is 1. The van der Waals surface area contributed by atoms with E-state index in [1.165, 1.54) is 12.1 Å². The Kier molecular flexibility index (Phi) is 6.01. The molecule has 0 saturated heterocycles. The Hall–Kier alpha value is -2.05. The summed E-state index contributed by atoms with van der Waals surface area (Å²) in [6.45, 7) is -0.0699. The number of hydrogen-bond acceptors (Lipinski definition) is 2. The van der Waals surface area contributed by atoms with E-state index in [0.29, 0.717) is 23.4 Å². The molecule has 2 N–H and O–H groups in total. The van der Waals surface area contributed by atoms with Crippen LogP contribution in [-0.2, 0) is 16.4 Å². The molecule has 1 aliphatic carbocycles. The second kappa shape index (κ2) is 8.13. The molecule has 1 atom stereocenters. The number of nitrogens with one attached hydrogen (secondary N) is 1. The fraction of sp³-hybridized carbons (Fsp3) is 0.381. The molecule has 0 spiro atoms. The summed E-state index contributed by atoms with van der Waals surface area (Å²) >= 11 is 5.95. The van der Waals surface area contributed by atoms with Crippen LogP contribution in [0.1, 0.15) is 48.5 Å². The van der Waals surface area contributed by atoms with Gasteiger partial charge in [-0.25, -0.2) is 0 Å². The quantitative estimate of drug-likeness (QED) is 0.725. The maximum atomic E-state index is 13.0. The van der Waals surface area contributed by atoms with Crippen LogP contribution in [0, 0.1) is 0 Å². The van der Waals surface area contributed by atoms with Crippen molar-refractivity contribution < 1.29 is 23.1 Å². The van der Waals surface area contributed by atoms with Crippen LogP contribution < -0.4 is 5.32 Å². The monoisotopic (exact) mass is 411 g/mol. The van der Waals surface area contributed by atoms with E-state index < -0.39 is 23.3 Å². The van der Waals surface area contributed by atoms with E-state index in [2.05, 4.69) is 5.32 Å². The van der Waals surface area contributed by atoms with Crippen LogP contribution in [0.3, 0.4) is 0 Å². The first-order valence-electron chi connectivity index (χ1n) is 9.12. The maximum Gasteiger partial charge on any atom is 0.416 e. The highest BCUT2D eigenvalue weighted by molar-refractivity contribution is 6.30. The first-order chi connectivity index (χ1) is 13.2. The lowest BCUT2D eigenvalue weighted by Crippen LogP contribution is -2.44. The van der Waals surface area contributed by atoms with E-state index in [1.54, 1.807) is 12.1 Å². The van der Waals surface area contributed by atoms with E-state index in [4.69, 9.17) is 11.6 Å². The molecule has 150 valence electrons. The van der Waals surface area contributed by atoms with Crippen LogP contribution in [-0.4, -0.2) is 17.6 Å². The summed E-state index contributed by atoms with van der Waals surface area (Å²) in [6, 6.07) is 11.5. The minimum atomic E-state index is -4.43. The zero-order valence-electron chi connectivity index (χ0n) is 15.1. The van der Waals surface area contributed by atoms with Gasteiger partial charge in [-0.2, -0.15) is 13.2 Å². The molecule has 7 heteroatoms. The van der Waals surface area contributed by atoms with Gasteiger partial charge in [-0.1, -0.05) is 48.7 Å². The molecule has 0 heterocycles. The SMILES string of the molecule is O=C(NC[C@H](O)c1ccc(C(F)(F)F)cc1)C1(c2ccc(Cl)cc2)CCCC1. The predicted molar refractivity (Wildman–Crippen MR) is 101 cm³/mol. The first-order valence-corrected chi connectivity index (χ1v) is 9.50. The van der Waals surface area contributed by atoms with Gasteiger partial charge in [-0.05, 0) is 48.2 Å². The van der Waals surface area contributed by atoms with Gasteiger partial charge >= 0.3 is 6.18 Å². The summed E-state index contributed by atoms with van der Waals surface area (Å²) in [4.78, 5) is 13.0. The highest BCUT2D eigenvalue weighted by Gasteiger charge is 2.42. The number of aliphatic hydroxyl groups is 1. The van der Waals surface area contributed by atoms with Crippen molar-refractivity contribution >= 4 is 17.5 Å². The Bertz CT molecular complexity index is 813. The average molecular weight is 412 g/mol. The van der Waals surface area contributed by atoms with Crippen molar-refractivity contribution in [3.8, 4) is 0 Å². The molecule has 0 bridgehead atoms. The lowest BCUT2D eigenvalue weighted by molar-refractivity contribution is -0.137. The number of alkyl halides is 3. The third-order valence-corrected chi connectivity index (χ3v) is 5.62. The normalized spacial score (nSPS) is 17.3. The summed E-state index contributed by atoms with van der Waals surface area (Å²) in [6.07, 6.45) is -2.25. The molecule has 1 saturated carbocycles. The van der Waals surface area contributed by atoms with E-state index >= 15 is 0 Å². The number of halogens is 4. The first kappa shape index (κ1) is 20.7. The fourth-order valence-electron chi connectivity index (χ4n) is 3.76. The number of carbonyl (C=O) groups excluding carboxylic acids is 1. The second-order valence-corrected chi connectivity index (χ2v) is 7.58. The lowest BCUT2D eigenvalue weighted by Gasteiger charge is -2.29. The molecule has 1 aliphatic rings. The molecular weight excluding hydrogens is 391 g/mol. The number of carbonyl (C=O) groups is 1. The highest BCUT2D eigenvalue weighted by Crippen LogP contribution is 2.41. The van der Waals surface area contributed by atoms with Gasteiger partial charge in [0.25, 0.3) is 0 Å². The molecule has 2 aromatic carbocycles. The van der Waals surface area contributed by atoms with Crippen molar-refractivity contribution in [1.82, 2.24) is 5.32 Å². The molecule has 0 aliphatic heterocycles. The minimum Gasteiger partial charge on any atom is -0.387 e. The minimum absolute atomic E-state index is 0.0699. The van der Waals surface area contributed by atoms with Gasteiger partial charge in [0.1, 0.15) is 0 Å². The van der Waals surface area contributed by atoms with Gasteiger partial charge in [0.15, 0.2) is 0 Å². The van der Waals surface area contributed by atoms with Gasteiger partial charge in [0.05, 0.1) is 17.1 Å². The lowest BCUT2D eigenvalue weighted by atomic mass is 9.78. The molecule has 3 nitrogen and oxygen atoms in total. The summed E-state index contributed by atoms with van der Waals surface area (Å²) in [5.74, 6) is -0.182. The van der Waals surface area contributed by atoms with Crippen LogP contribution in [0.25, 0.3) is 0 Å². The summed E-state index contributed by atoms with van der Waals surface area (Å²) in [7, 11) is 0. The fourth-order valence-corrected chi connectivity index (χ4v) is 3.89. The number of benzene rings is 2. The smallest absolute Gasteiger partial charge is 0.387 e. The van der Waals surface area contributed by atoms with Gasteiger partial charge in [-0.15, -0.1) is 0 Å². The Morgan fingerprint density at radius 1 is 1.07 bits per heavy atom. The molecular formula is C21H21ClF3NO2. The molecule has 28 heavy (non-hydrogen) atoms. The summed E-state index contributed by atoms with van der Waals surface area (Å²) < 4.78 is 37.9. The zero-order valence-corrected chi connectivity index (χ0v) is 15.9. The molecule has 0 aromatic heterocycles. The van der Waals surface area contributed by atoms with Crippen molar-refractivity contribution in [3.05, 3.63) is 70.2 Å². The van der Waals surface area contributed by atoms with Crippen LogP contribution in [0.15, 0.2) is 48.5 Å². The van der Waals surface area contributed by atoms with E-state index in [9.17, 15) is 23.1 Å². The van der Waals surface area contributed by atoms with E-state index in [-0.39, 0.29) is 12.5 Å². The van der Waals surface area contributed by atoms with Gasteiger partial charge in [-0.3, -0.25) is 4.79 Å². The van der Waals surface area contributed by atoms with Gasteiger partial charge in [0.2, 0.25) is 5.91 Å². The Morgan fingerprint density at radius 3 is 2.18 bits per heavy atom. The molecule has 1 amide bonds. The largest absolute Gasteiger partial charge is 0.416 e. The van der Waals surface area contributed by atoms with Crippen molar-refractivity contribution in [3.63, 3.8) is 0 Å². The van der Waals surface area contributed by atoms with Crippen LogP contribution in [0.5, 0.6) is 0 Å². The third-order valence-electron chi connectivity index (χ3n) is 5.37. The van der Waals surface area contributed by atoms with Crippen molar-refractivity contribution in [2.45, 2.75) is 43.4 Å². The molecule has 3 rings (SSSR count).